The molecule has 0 aliphatic rings. The molecule has 0 aliphatic heterocycles. The van der Waals surface area contributed by atoms with E-state index in [2.05, 4.69) is 31.4 Å². The smallest absolute Gasteiger partial charge is 0.237 e. The molecule has 0 aromatic carbocycles. The molecule has 0 aromatic heterocycles. The fourth-order valence-corrected chi connectivity index (χ4v) is 1.90. The van der Waals surface area contributed by atoms with Gasteiger partial charge in [0.05, 0.1) is 6.04 Å². The molecule has 0 fully saturated rings. The molecule has 0 rings (SSSR count). The van der Waals surface area contributed by atoms with Crippen LogP contribution in [0.15, 0.2) is 0 Å². The minimum atomic E-state index is -0.159. The van der Waals surface area contributed by atoms with Crippen molar-refractivity contribution in [3.05, 3.63) is 0 Å². The first-order valence-corrected chi connectivity index (χ1v) is 7.20. The molecule has 108 valence electrons. The van der Waals surface area contributed by atoms with Crippen LogP contribution in [-0.4, -0.2) is 23.5 Å². The second kappa shape index (κ2) is 7.78. The Bertz CT molecular complexity index is 243. The summed E-state index contributed by atoms with van der Waals surface area (Å²) in [6, 6.07) is 0.266. The number of carbonyl (C=O) groups excluding carboxylic acids is 1. The second-order valence-corrected chi connectivity index (χ2v) is 6.85. The Labute approximate surface area is 113 Å². The molecule has 2 atom stereocenters. The van der Waals surface area contributed by atoms with Crippen LogP contribution in [0.1, 0.15) is 67.7 Å². The van der Waals surface area contributed by atoms with Crippen LogP contribution in [0.5, 0.6) is 0 Å². The standard InChI is InChI=1S/C15H32N2O/c1-11(2)9-8-10-12(3)16-13(4)14(18)17-15(5,6)7/h11-13,16H,8-10H2,1-7H3,(H,17,18). The Hall–Kier alpha value is -0.570. The first kappa shape index (κ1) is 17.4. The fourth-order valence-electron chi connectivity index (χ4n) is 1.90. The molecule has 0 saturated carbocycles. The van der Waals surface area contributed by atoms with Crippen LogP contribution in [0, 0.1) is 5.92 Å². The molecule has 0 saturated heterocycles. The maximum absolute atomic E-state index is 11.9. The van der Waals surface area contributed by atoms with E-state index in [1.54, 1.807) is 0 Å². The number of carbonyl (C=O) groups is 1. The van der Waals surface area contributed by atoms with E-state index in [9.17, 15) is 4.79 Å². The predicted molar refractivity (Wildman–Crippen MR) is 78.6 cm³/mol. The summed E-state index contributed by atoms with van der Waals surface area (Å²) in [6.07, 6.45) is 3.61. The third kappa shape index (κ3) is 9.46. The lowest BCUT2D eigenvalue weighted by Crippen LogP contribution is -2.51. The quantitative estimate of drug-likeness (QED) is 0.735. The maximum atomic E-state index is 11.9. The van der Waals surface area contributed by atoms with Crippen LogP contribution in [0.25, 0.3) is 0 Å². The van der Waals surface area contributed by atoms with Gasteiger partial charge in [-0.3, -0.25) is 4.79 Å². The average Bonchev–Trinajstić information content (AvgIpc) is 2.13. The van der Waals surface area contributed by atoms with Crippen molar-refractivity contribution < 1.29 is 4.79 Å². The van der Waals surface area contributed by atoms with Crippen LogP contribution < -0.4 is 10.6 Å². The first-order chi connectivity index (χ1) is 8.11. The predicted octanol–water partition coefficient (Wildman–Crippen LogP) is 3.09. The summed E-state index contributed by atoms with van der Waals surface area (Å²) in [5, 5.41) is 6.36. The topological polar surface area (TPSA) is 41.1 Å². The number of hydrogen-bond acceptors (Lipinski definition) is 2. The van der Waals surface area contributed by atoms with Crippen molar-refractivity contribution in [1.29, 1.82) is 0 Å². The Morgan fingerprint density at radius 3 is 2.06 bits per heavy atom. The molecular formula is C15H32N2O. The van der Waals surface area contributed by atoms with Gasteiger partial charge in [0, 0.05) is 11.6 Å². The van der Waals surface area contributed by atoms with Gasteiger partial charge in [-0.25, -0.2) is 0 Å². The lowest BCUT2D eigenvalue weighted by Gasteiger charge is -2.25. The van der Waals surface area contributed by atoms with Crippen molar-refractivity contribution in [1.82, 2.24) is 10.6 Å². The highest BCUT2D eigenvalue weighted by Gasteiger charge is 2.20. The number of rotatable bonds is 7. The van der Waals surface area contributed by atoms with Crippen molar-refractivity contribution in [2.24, 2.45) is 5.92 Å². The Kier molecular flexibility index (Phi) is 7.53. The van der Waals surface area contributed by atoms with Gasteiger partial charge in [-0.05, 0) is 47.0 Å². The van der Waals surface area contributed by atoms with Crippen molar-refractivity contribution in [3.63, 3.8) is 0 Å². The zero-order valence-corrected chi connectivity index (χ0v) is 13.3. The van der Waals surface area contributed by atoms with Gasteiger partial charge in [0.2, 0.25) is 5.91 Å². The number of amides is 1. The van der Waals surface area contributed by atoms with Gasteiger partial charge < -0.3 is 10.6 Å². The summed E-state index contributed by atoms with van der Waals surface area (Å²) in [7, 11) is 0. The summed E-state index contributed by atoms with van der Waals surface area (Å²) >= 11 is 0. The highest BCUT2D eigenvalue weighted by Crippen LogP contribution is 2.08. The van der Waals surface area contributed by atoms with Crippen LogP contribution in [0.4, 0.5) is 0 Å². The molecule has 1 amide bonds. The van der Waals surface area contributed by atoms with E-state index >= 15 is 0 Å². The molecule has 2 unspecified atom stereocenters. The minimum absolute atomic E-state index is 0.0817. The second-order valence-electron chi connectivity index (χ2n) is 6.85. The fraction of sp³-hybridized carbons (Fsp3) is 0.933. The SMILES string of the molecule is CC(C)CCCC(C)NC(C)C(=O)NC(C)(C)C. The summed E-state index contributed by atoms with van der Waals surface area (Å²) in [4.78, 5) is 11.9. The van der Waals surface area contributed by atoms with Gasteiger partial charge in [-0.1, -0.05) is 26.7 Å². The first-order valence-electron chi connectivity index (χ1n) is 7.20. The van der Waals surface area contributed by atoms with Crippen LogP contribution in [0.2, 0.25) is 0 Å². The van der Waals surface area contributed by atoms with E-state index < -0.39 is 0 Å². The lowest BCUT2D eigenvalue weighted by atomic mass is 10.0. The molecule has 0 heterocycles. The van der Waals surface area contributed by atoms with E-state index in [1.165, 1.54) is 12.8 Å². The number of nitrogens with one attached hydrogen (secondary N) is 2. The van der Waals surface area contributed by atoms with E-state index in [-0.39, 0.29) is 17.5 Å². The third-order valence-electron chi connectivity index (χ3n) is 2.84. The van der Waals surface area contributed by atoms with Gasteiger partial charge in [-0.15, -0.1) is 0 Å². The van der Waals surface area contributed by atoms with Gasteiger partial charge in [0.25, 0.3) is 0 Å². The monoisotopic (exact) mass is 256 g/mol. The molecule has 3 nitrogen and oxygen atoms in total. The van der Waals surface area contributed by atoms with Gasteiger partial charge in [0.15, 0.2) is 0 Å². The van der Waals surface area contributed by atoms with Gasteiger partial charge in [-0.2, -0.15) is 0 Å². The minimum Gasteiger partial charge on any atom is -0.350 e. The average molecular weight is 256 g/mol. The van der Waals surface area contributed by atoms with E-state index in [0.717, 1.165) is 12.3 Å². The Morgan fingerprint density at radius 2 is 1.61 bits per heavy atom. The van der Waals surface area contributed by atoms with E-state index in [0.29, 0.717) is 6.04 Å². The van der Waals surface area contributed by atoms with Crippen LogP contribution in [-0.2, 0) is 4.79 Å². The molecule has 0 bridgehead atoms. The molecule has 0 spiro atoms. The summed E-state index contributed by atoms with van der Waals surface area (Å²) < 4.78 is 0. The molecule has 0 aliphatic carbocycles. The normalized spacial score (nSPS) is 15.6. The van der Waals surface area contributed by atoms with Crippen molar-refractivity contribution in [2.45, 2.75) is 85.4 Å². The van der Waals surface area contributed by atoms with Crippen LogP contribution in [0.3, 0.4) is 0 Å². The molecule has 0 radical (unpaired) electrons. The Morgan fingerprint density at radius 1 is 1.06 bits per heavy atom. The van der Waals surface area contributed by atoms with Gasteiger partial charge >= 0.3 is 0 Å². The van der Waals surface area contributed by atoms with E-state index in [4.69, 9.17) is 0 Å². The van der Waals surface area contributed by atoms with Crippen molar-refractivity contribution >= 4 is 5.91 Å². The molecular weight excluding hydrogens is 224 g/mol. The molecule has 0 aromatic rings. The molecule has 3 heteroatoms. The summed E-state index contributed by atoms with van der Waals surface area (Å²) in [5.74, 6) is 0.844. The number of hydrogen-bond donors (Lipinski definition) is 2. The lowest BCUT2D eigenvalue weighted by molar-refractivity contribution is -0.124. The summed E-state index contributed by atoms with van der Waals surface area (Å²) in [6.45, 7) is 14.6. The zero-order chi connectivity index (χ0) is 14.3. The molecule has 2 N–H and O–H groups in total. The van der Waals surface area contributed by atoms with Crippen molar-refractivity contribution in [2.75, 3.05) is 0 Å². The zero-order valence-electron chi connectivity index (χ0n) is 13.3. The highest BCUT2D eigenvalue weighted by molar-refractivity contribution is 5.81. The highest BCUT2D eigenvalue weighted by atomic mass is 16.2. The summed E-state index contributed by atoms with van der Waals surface area (Å²) in [5.41, 5.74) is -0.159. The Balaban J connectivity index is 3.92. The van der Waals surface area contributed by atoms with Crippen LogP contribution >= 0.6 is 0 Å². The maximum Gasteiger partial charge on any atom is 0.237 e. The van der Waals surface area contributed by atoms with Crippen molar-refractivity contribution in [3.8, 4) is 0 Å². The van der Waals surface area contributed by atoms with Gasteiger partial charge in [0.1, 0.15) is 0 Å². The third-order valence-corrected chi connectivity index (χ3v) is 2.84. The molecule has 18 heavy (non-hydrogen) atoms. The van der Waals surface area contributed by atoms with E-state index in [1.807, 2.05) is 27.7 Å². The largest absolute Gasteiger partial charge is 0.350 e.